The van der Waals surface area contributed by atoms with E-state index in [2.05, 4.69) is 36.3 Å². The molecule has 0 saturated carbocycles. The van der Waals surface area contributed by atoms with E-state index in [1.807, 2.05) is 24.3 Å². The first-order valence-corrected chi connectivity index (χ1v) is 9.90. The molecule has 2 heterocycles. The maximum absolute atomic E-state index is 12.3. The van der Waals surface area contributed by atoms with Crippen molar-refractivity contribution in [3.8, 4) is 34.1 Å². The Morgan fingerprint density at radius 3 is 2.65 bits per heavy atom. The summed E-state index contributed by atoms with van der Waals surface area (Å²) in [5.41, 5.74) is 2.34. The van der Waals surface area contributed by atoms with Gasteiger partial charge < -0.3 is 18.7 Å². The average molecular weight is 485 g/mol. The van der Waals surface area contributed by atoms with Crippen LogP contribution in [0.1, 0.15) is 16.4 Å². The van der Waals surface area contributed by atoms with Gasteiger partial charge in [-0.1, -0.05) is 33.2 Å². The molecule has 1 N–H and O–H groups in total. The predicted octanol–water partition coefficient (Wildman–Crippen LogP) is 4.26. The summed E-state index contributed by atoms with van der Waals surface area (Å²) in [4.78, 5) is 16.6. The van der Waals surface area contributed by atoms with Gasteiger partial charge in [-0.25, -0.2) is 4.79 Å². The molecule has 0 unspecified atom stereocenters. The first-order valence-electron chi connectivity index (χ1n) is 9.11. The molecule has 2 aromatic carbocycles. The van der Waals surface area contributed by atoms with Crippen LogP contribution in [0.25, 0.3) is 22.6 Å². The SMILES string of the molecule is COc1ccc(-c2noc(COC(=O)c3cc(-c4ccc(Br)cc4)n[nH]3)n2)c(OC)c1. The van der Waals surface area contributed by atoms with Gasteiger partial charge in [-0.15, -0.1) is 0 Å². The molecule has 0 aliphatic rings. The van der Waals surface area contributed by atoms with E-state index in [1.165, 1.54) is 7.11 Å². The van der Waals surface area contributed by atoms with Gasteiger partial charge >= 0.3 is 5.97 Å². The quantitative estimate of drug-likeness (QED) is 0.387. The molecule has 0 amide bonds. The number of hydrogen-bond donors (Lipinski definition) is 1. The minimum Gasteiger partial charge on any atom is -0.497 e. The lowest BCUT2D eigenvalue weighted by Gasteiger charge is -2.07. The van der Waals surface area contributed by atoms with E-state index in [4.69, 9.17) is 18.7 Å². The fourth-order valence-corrected chi connectivity index (χ4v) is 3.07. The highest BCUT2D eigenvalue weighted by molar-refractivity contribution is 9.10. The smallest absolute Gasteiger partial charge is 0.356 e. The predicted molar refractivity (Wildman–Crippen MR) is 114 cm³/mol. The number of ether oxygens (including phenoxy) is 3. The van der Waals surface area contributed by atoms with Crippen LogP contribution in [0.15, 0.2) is 57.5 Å². The number of methoxy groups -OCH3 is 2. The number of esters is 1. The number of H-pyrrole nitrogens is 1. The molecule has 0 saturated heterocycles. The van der Waals surface area contributed by atoms with Crippen molar-refractivity contribution >= 4 is 21.9 Å². The number of benzene rings is 2. The van der Waals surface area contributed by atoms with Gasteiger partial charge in [0, 0.05) is 16.1 Å². The Kier molecular flexibility index (Phi) is 5.99. The number of carbonyl (C=O) groups is 1. The van der Waals surface area contributed by atoms with Gasteiger partial charge in [0.15, 0.2) is 6.61 Å². The Morgan fingerprint density at radius 2 is 1.90 bits per heavy atom. The zero-order valence-corrected chi connectivity index (χ0v) is 18.2. The molecule has 31 heavy (non-hydrogen) atoms. The van der Waals surface area contributed by atoms with Crippen LogP contribution in [0.5, 0.6) is 11.5 Å². The monoisotopic (exact) mass is 484 g/mol. The van der Waals surface area contributed by atoms with Crippen LogP contribution in [-0.2, 0) is 11.3 Å². The zero-order valence-electron chi connectivity index (χ0n) is 16.6. The molecule has 0 fully saturated rings. The summed E-state index contributed by atoms with van der Waals surface area (Å²) in [5.74, 6) is 1.04. The van der Waals surface area contributed by atoms with Gasteiger partial charge in [-0.2, -0.15) is 10.1 Å². The number of hydrogen-bond acceptors (Lipinski definition) is 8. The number of rotatable bonds is 7. The van der Waals surface area contributed by atoms with Crippen LogP contribution in [0, 0.1) is 0 Å². The summed E-state index contributed by atoms with van der Waals surface area (Å²) in [5, 5.41) is 10.8. The van der Waals surface area contributed by atoms with Crippen molar-refractivity contribution in [2.75, 3.05) is 14.2 Å². The molecule has 0 bridgehead atoms. The van der Waals surface area contributed by atoms with E-state index in [9.17, 15) is 4.79 Å². The highest BCUT2D eigenvalue weighted by atomic mass is 79.9. The second-order valence-corrected chi connectivity index (χ2v) is 7.24. The Bertz CT molecular complexity index is 1200. The van der Waals surface area contributed by atoms with E-state index >= 15 is 0 Å². The van der Waals surface area contributed by atoms with Crippen LogP contribution in [0.4, 0.5) is 0 Å². The fourth-order valence-electron chi connectivity index (χ4n) is 2.81. The molecule has 9 nitrogen and oxygen atoms in total. The summed E-state index contributed by atoms with van der Waals surface area (Å²) in [6, 6.07) is 14.4. The van der Waals surface area contributed by atoms with Crippen LogP contribution in [0.2, 0.25) is 0 Å². The van der Waals surface area contributed by atoms with E-state index in [1.54, 1.807) is 31.4 Å². The minimum absolute atomic E-state index is 0.147. The number of halogens is 1. The van der Waals surface area contributed by atoms with Gasteiger partial charge in [0.2, 0.25) is 5.82 Å². The van der Waals surface area contributed by atoms with Gasteiger partial charge in [0.25, 0.3) is 5.89 Å². The molecule has 0 aliphatic carbocycles. The Labute approximate surface area is 185 Å². The molecule has 2 aromatic heterocycles. The van der Waals surface area contributed by atoms with Gasteiger partial charge in [0.05, 0.1) is 25.5 Å². The van der Waals surface area contributed by atoms with Crippen molar-refractivity contribution in [2.45, 2.75) is 6.61 Å². The lowest BCUT2D eigenvalue weighted by Crippen LogP contribution is -2.05. The molecular weight excluding hydrogens is 468 g/mol. The highest BCUT2D eigenvalue weighted by Crippen LogP contribution is 2.31. The van der Waals surface area contributed by atoms with Crippen LogP contribution in [0.3, 0.4) is 0 Å². The third kappa shape index (κ3) is 4.58. The van der Waals surface area contributed by atoms with Crippen molar-refractivity contribution in [1.29, 1.82) is 0 Å². The molecule has 0 atom stereocenters. The summed E-state index contributed by atoms with van der Waals surface area (Å²) >= 11 is 3.39. The first kappa shape index (κ1) is 20.6. The van der Waals surface area contributed by atoms with Crippen molar-refractivity contribution in [2.24, 2.45) is 0 Å². The molecule has 158 valence electrons. The van der Waals surface area contributed by atoms with Crippen LogP contribution < -0.4 is 9.47 Å². The van der Waals surface area contributed by atoms with Crippen LogP contribution in [-0.4, -0.2) is 40.5 Å². The lowest BCUT2D eigenvalue weighted by atomic mass is 10.1. The summed E-state index contributed by atoms with van der Waals surface area (Å²) < 4.78 is 21.9. The van der Waals surface area contributed by atoms with Gasteiger partial charge in [-0.05, 0) is 30.3 Å². The second kappa shape index (κ2) is 9.00. The molecular formula is C21H17BrN4O5. The number of carbonyl (C=O) groups excluding carboxylic acids is 1. The van der Waals surface area contributed by atoms with E-state index in [0.717, 1.165) is 10.0 Å². The van der Waals surface area contributed by atoms with Crippen molar-refractivity contribution in [1.82, 2.24) is 20.3 Å². The molecule has 0 radical (unpaired) electrons. The lowest BCUT2D eigenvalue weighted by molar-refractivity contribution is 0.0423. The first-order chi connectivity index (χ1) is 15.1. The normalized spacial score (nSPS) is 10.7. The largest absolute Gasteiger partial charge is 0.497 e. The van der Waals surface area contributed by atoms with E-state index in [-0.39, 0.29) is 18.2 Å². The summed E-state index contributed by atoms with van der Waals surface area (Å²) in [6.07, 6.45) is 0. The summed E-state index contributed by atoms with van der Waals surface area (Å²) in [6.45, 7) is -0.184. The number of aromatic amines is 1. The van der Waals surface area contributed by atoms with Gasteiger partial charge in [0.1, 0.15) is 17.2 Å². The topological polar surface area (TPSA) is 112 Å². The second-order valence-electron chi connectivity index (χ2n) is 6.33. The number of aromatic nitrogens is 4. The fraction of sp³-hybridized carbons (Fsp3) is 0.143. The maximum atomic E-state index is 12.3. The molecule has 4 rings (SSSR count). The third-order valence-electron chi connectivity index (χ3n) is 4.38. The Hall–Kier alpha value is -3.66. The maximum Gasteiger partial charge on any atom is 0.356 e. The van der Waals surface area contributed by atoms with Crippen molar-refractivity contribution in [3.05, 3.63) is 64.6 Å². The molecule has 0 aliphatic heterocycles. The standard InChI is InChI=1S/C21H17BrN4O5/c1-28-14-7-8-15(18(9-14)29-2)20-23-19(31-26-20)11-30-21(27)17-10-16(24-25-17)12-3-5-13(22)6-4-12/h3-10H,11H2,1-2H3,(H,24,25). The highest BCUT2D eigenvalue weighted by Gasteiger charge is 2.17. The van der Waals surface area contributed by atoms with Crippen LogP contribution >= 0.6 is 15.9 Å². The summed E-state index contributed by atoms with van der Waals surface area (Å²) in [7, 11) is 3.10. The number of nitrogens with zero attached hydrogens (tertiary/aromatic N) is 3. The third-order valence-corrected chi connectivity index (χ3v) is 4.91. The molecule has 10 heteroatoms. The average Bonchev–Trinajstić information content (AvgIpc) is 3.48. The number of nitrogens with one attached hydrogen (secondary N) is 1. The molecule has 4 aromatic rings. The van der Waals surface area contributed by atoms with Crippen molar-refractivity contribution < 1.29 is 23.5 Å². The van der Waals surface area contributed by atoms with E-state index in [0.29, 0.717) is 28.6 Å². The Morgan fingerprint density at radius 1 is 1.10 bits per heavy atom. The Balaban J connectivity index is 1.42. The van der Waals surface area contributed by atoms with Gasteiger partial charge in [-0.3, -0.25) is 5.10 Å². The van der Waals surface area contributed by atoms with E-state index < -0.39 is 5.97 Å². The zero-order chi connectivity index (χ0) is 21.8. The molecule has 0 spiro atoms. The minimum atomic E-state index is -0.586. The van der Waals surface area contributed by atoms with Crippen molar-refractivity contribution in [3.63, 3.8) is 0 Å².